The first-order chi connectivity index (χ1) is 11.5. The minimum atomic E-state index is -1.72. The van der Waals surface area contributed by atoms with E-state index < -0.39 is 12.0 Å². The number of halogens is 2. The lowest BCUT2D eigenvalue weighted by atomic mass is 10.1. The Bertz CT molecular complexity index is 836. The third kappa shape index (κ3) is 2.79. The quantitative estimate of drug-likeness (QED) is 0.865. The zero-order valence-electron chi connectivity index (χ0n) is 13.4. The summed E-state index contributed by atoms with van der Waals surface area (Å²) in [5, 5.41) is 4.63. The van der Waals surface area contributed by atoms with Crippen LogP contribution in [0.3, 0.4) is 0 Å². The number of aromatic nitrogens is 3. The number of aryl methyl sites for hydroxylation is 1. The molecule has 1 atom stereocenters. The summed E-state index contributed by atoms with van der Waals surface area (Å²) < 4.78 is 26.7. The highest BCUT2D eigenvalue weighted by atomic mass is 19.3. The summed E-state index contributed by atoms with van der Waals surface area (Å²) in [4.78, 5) is 18.4. The Morgan fingerprint density at radius 1 is 1.42 bits per heavy atom. The van der Waals surface area contributed by atoms with Crippen LogP contribution in [0.4, 0.5) is 8.78 Å². The molecule has 5 nitrogen and oxygen atoms in total. The standard InChI is InChI=1S/C17H18F2N4O/c1-10-4-5-23-17(20-10)13(16(21-23)12-2-3-12)9-22-8-11(6-14(18)19)7-15(22)24/h4-6,11-12H,2-3,7-9H2,1H3. The van der Waals surface area contributed by atoms with Crippen LogP contribution < -0.4 is 0 Å². The largest absolute Gasteiger partial charge is 0.338 e. The fraction of sp³-hybridized carbons (Fsp3) is 0.471. The van der Waals surface area contributed by atoms with Crippen LogP contribution in [-0.2, 0) is 11.3 Å². The van der Waals surface area contributed by atoms with E-state index in [0.717, 1.165) is 41.5 Å². The molecule has 1 aliphatic heterocycles. The Kier molecular flexibility index (Phi) is 3.58. The third-order valence-electron chi connectivity index (χ3n) is 4.67. The van der Waals surface area contributed by atoms with Gasteiger partial charge in [-0.05, 0) is 31.9 Å². The van der Waals surface area contributed by atoms with Gasteiger partial charge in [-0.3, -0.25) is 4.79 Å². The van der Waals surface area contributed by atoms with E-state index in [4.69, 9.17) is 0 Å². The van der Waals surface area contributed by atoms with Gasteiger partial charge < -0.3 is 4.90 Å². The van der Waals surface area contributed by atoms with Gasteiger partial charge in [0.05, 0.1) is 12.2 Å². The number of rotatable bonds is 4. The van der Waals surface area contributed by atoms with Crippen LogP contribution in [0.2, 0.25) is 0 Å². The number of hydrogen-bond donors (Lipinski definition) is 0. The van der Waals surface area contributed by atoms with Crippen molar-refractivity contribution in [3.05, 3.63) is 41.4 Å². The SMILES string of the molecule is Cc1ccn2nc(C3CC3)c(CN3CC(C=C(F)F)CC3=O)c2n1. The van der Waals surface area contributed by atoms with Gasteiger partial charge in [0.15, 0.2) is 5.65 Å². The van der Waals surface area contributed by atoms with Crippen molar-refractivity contribution in [3.63, 3.8) is 0 Å². The molecule has 0 radical (unpaired) electrons. The van der Waals surface area contributed by atoms with E-state index in [0.29, 0.717) is 19.0 Å². The highest BCUT2D eigenvalue weighted by molar-refractivity contribution is 5.79. The van der Waals surface area contributed by atoms with Gasteiger partial charge in [-0.1, -0.05) is 0 Å². The Balaban J connectivity index is 1.66. The van der Waals surface area contributed by atoms with E-state index >= 15 is 0 Å². The summed E-state index contributed by atoms with van der Waals surface area (Å²) >= 11 is 0. The number of carbonyl (C=O) groups excluding carboxylic acids is 1. The molecule has 1 amide bonds. The van der Waals surface area contributed by atoms with Crippen molar-refractivity contribution in [2.24, 2.45) is 5.92 Å². The molecule has 2 aromatic heterocycles. The second-order valence-corrected chi connectivity index (χ2v) is 6.67. The number of fused-ring (bicyclic) bond motifs is 1. The van der Waals surface area contributed by atoms with Gasteiger partial charge in [-0.25, -0.2) is 9.50 Å². The molecule has 1 aliphatic carbocycles. The van der Waals surface area contributed by atoms with Gasteiger partial charge in [-0.15, -0.1) is 0 Å². The first kappa shape index (κ1) is 15.2. The molecule has 126 valence electrons. The maximum atomic E-state index is 12.5. The van der Waals surface area contributed by atoms with Crippen molar-refractivity contribution >= 4 is 11.6 Å². The van der Waals surface area contributed by atoms with Crippen LogP contribution in [0.1, 0.15) is 42.1 Å². The molecule has 1 saturated carbocycles. The van der Waals surface area contributed by atoms with E-state index in [1.54, 1.807) is 9.42 Å². The van der Waals surface area contributed by atoms with Crippen LogP contribution >= 0.6 is 0 Å². The summed E-state index contributed by atoms with van der Waals surface area (Å²) in [5.74, 6) is -0.0756. The van der Waals surface area contributed by atoms with Gasteiger partial charge >= 0.3 is 0 Å². The molecular weight excluding hydrogens is 314 g/mol. The van der Waals surface area contributed by atoms with Gasteiger partial charge in [0.2, 0.25) is 5.91 Å². The van der Waals surface area contributed by atoms with Crippen LogP contribution in [0.15, 0.2) is 24.4 Å². The molecule has 2 fully saturated rings. The highest BCUT2D eigenvalue weighted by Crippen LogP contribution is 2.42. The van der Waals surface area contributed by atoms with Crippen molar-refractivity contribution in [2.75, 3.05) is 6.54 Å². The smallest absolute Gasteiger partial charge is 0.266 e. The second-order valence-electron chi connectivity index (χ2n) is 6.67. The molecule has 1 saturated heterocycles. The van der Waals surface area contributed by atoms with Crippen molar-refractivity contribution in [3.8, 4) is 0 Å². The summed E-state index contributed by atoms with van der Waals surface area (Å²) in [7, 11) is 0. The van der Waals surface area contributed by atoms with E-state index in [2.05, 4.69) is 10.1 Å². The first-order valence-electron chi connectivity index (χ1n) is 8.16. The number of hydrogen-bond acceptors (Lipinski definition) is 3. The van der Waals surface area contributed by atoms with Crippen molar-refractivity contribution in [1.29, 1.82) is 0 Å². The molecule has 0 bridgehead atoms. The van der Waals surface area contributed by atoms with E-state index in [1.807, 2.05) is 19.2 Å². The van der Waals surface area contributed by atoms with Gasteiger partial charge in [-0.2, -0.15) is 13.9 Å². The van der Waals surface area contributed by atoms with Crippen LogP contribution in [0, 0.1) is 12.8 Å². The van der Waals surface area contributed by atoms with E-state index in [1.165, 1.54) is 0 Å². The predicted molar refractivity (Wildman–Crippen MR) is 83.5 cm³/mol. The van der Waals surface area contributed by atoms with Crippen molar-refractivity contribution in [2.45, 2.75) is 38.6 Å². The average molecular weight is 332 g/mol. The zero-order valence-corrected chi connectivity index (χ0v) is 13.4. The van der Waals surface area contributed by atoms with Crippen molar-refractivity contribution in [1.82, 2.24) is 19.5 Å². The molecule has 2 aromatic rings. The molecule has 1 unspecified atom stereocenters. The summed E-state index contributed by atoms with van der Waals surface area (Å²) in [5.41, 5.74) is 3.61. The summed E-state index contributed by atoms with van der Waals surface area (Å²) in [6, 6.07) is 1.90. The monoisotopic (exact) mass is 332 g/mol. The van der Waals surface area contributed by atoms with Crippen LogP contribution in [0.25, 0.3) is 5.65 Å². The molecule has 0 spiro atoms. The maximum Gasteiger partial charge on any atom is 0.266 e. The number of likely N-dealkylation sites (tertiary alicyclic amines) is 1. The van der Waals surface area contributed by atoms with Crippen molar-refractivity contribution < 1.29 is 13.6 Å². The minimum Gasteiger partial charge on any atom is -0.338 e. The molecule has 7 heteroatoms. The highest BCUT2D eigenvalue weighted by Gasteiger charge is 2.34. The third-order valence-corrected chi connectivity index (χ3v) is 4.67. The molecule has 2 aliphatic rings. The normalized spacial score (nSPS) is 20.9. The second kappa shape index (κ2) is 5.65. The van der Waals surface area contributed by atoms with E-state index in [9.17, 15) is 13.6 Å². The van der Waals surface area contributed by atoms with Crippen LogP contribution in [-0.4, -0.2) is 31.9 Å². The number of nitrogens with zero attached hydrogens (tertiary/aromatic N) is 4. The maximum absolute atomic E-state index is 12.5. The van der Waals surface area contributed by atoms with Gasteiger partial charge in [0, 0.05) is 42.3 Å². The van der Waals surface area contributed by atoms with Crippen LogP contribution in [0.5, 0.6) is 0 Å². The molecule has 24 heavy (non-hydrogen) atoms. The van der Waals surface area contributed by atoms with Gasteiger partial charge in [0.25, 0.3) is 6.08 Å². The zero-order chi connectivity index (χ0) is 16.8. The minimum absolute atomic E-state index is 0.0914. The Morgan fingerprint density at radius 2 is 2.21 bits per heavy atom. The number of carbonyl (C=O) groups is 1. The van der Waals surface area contributed by atoms with Gasteiger partial charge in [0.1, 0.15) is 0 Å². The first-order valence-corrected chi connectivity index (χ1v) is 8.16. The molecule has 0 N–H and O–H groups in total. The molecule has 3 heterocycles. The number of amides is 1. The molecule has 0 aromatic carbocycles. The molecular formula is C17H18F2N4O. The summed E-state index contributed by atoms with van der Waals surface area (Å²) in [6.07, 6.45) is 3.38. The predicted octanol–water partition coefficient (Wildman–Crippen LogP) is 3.04. The summed E-state index contributed by atoms with van der Waals surface area (Å²) in [6.45, 7) is 2.63. The fourth-order valence-electron chi connectivity index (χ4n) is 3.35. The Labute approximate surface area is 138 Å². The average Bonchev–Trinajstić information content (AvgIpc) is 3.22. The Hall–Kier alpha value is -2.31. The lowest BCUT2D eigenvalue weighted by Gasteiger charge is -2.16. The topological polar surface area (TPSA) is 50.5 Å². The lowest BCUT2D eigenvalue weighted by molar-refractivity contribution is -0.128. The Morgan fingerprint density at radius 3 is 2.92 bits per heavy atom. The lowest BCUT2D eigenvalue weighted by Crippen LogP contribution is -2.25. The van der Waals surface area contributed by atoms with E-state index in [-0.39, 0.29) is 12.3 Å². The molecule has 4 rings (SSSR count). The fourth-order valence-corrected chi connectivity index (χ4v) is 3.35.